The number of rotatable bonds is 8. The lowest BCUT2D eigenvalue weighted by molar-refractivity contribution is -0.0721. The molecule has 38 heavy (non-hydrogen) atoms. The van der Waals surface area contributed by atoms with Crippen LogP contribution in [0.2, 0.25) is 0 Å². The van der Waals surface area contributed by atoms with Crippen LogP contribution in [0.25, 0.3) is 10.9 Å². The van der Waals surface area contributed by atoms with Gasteiger partial charge in [0.25, 0.3) is 0 Å². The third kappa shape index (κ3) is 4.15. The quantitative estimate of drug-likeness (QED) is 0.365. The molecule has 8 rings (SSSR count). The number of nitrogens with one attached hydrogen (secondary N) is 2. The van der Waals surface area contributed by atoms with Gasteiger partial charge in [0.1, 0.15) is 0 Å². The minimum Gasteiger partial charge on any atom is -0.380 e. The fourth-order valence-electron chi connectivity index (χ4n) is 8.12. The highest BCUT2D eigenvalue weighted by molar-refractivity contribution is 5.85. The van der Waals surface area contributed by atoms with E-state index in [0.717, 1.165) is 38.2 Å². The Morgan fingerprint density at radius 1 is 0.974 bits per heavy atom. The van der Waals surface area contributed by atoms with Crippen molar-refractivity contribution in [1.82, 2.24) is 14.8 Å². The molecule has 4 fully saturated rings. The molecule has 3 saturated carbocycles. The van der Waals surface area contributed by atoms with Crippen LogP contribution in [0, 0.1) is 17.8 Å². The molecule has 1 aromatic heterocycles. The Morgan fingerprint density at radius 3 is 2.53 bits per heavy atom. The van der Waals surface area contributed by atoms with Crippen LogP contribution in [0.1, 0.15) is 55.5 Å². The zero-order valence-corrected chi connectivity index (χ0v) is 22.4. The van der Waals surface area contributed by atoms with Crippen molar-refractivity contribution in [2.45, 2.75) is 63.2 Å². The van der Waals surface area contributed by atoms with Crippen molar-refractivity contribution in [2.75, 3.05) is 38.3 Å². The summed E-state index contributed by atoms with van der Waals surface area (Å²) in [7, 11) is 0. The molecule has 2 bridgehead atoms. The van der Waals surface area contributed by atoms with Crippen LogP contribution >= 0.6 is 0 Å². The third-order valence-corrected chi connectivity index (χ3v) is 10.1. The Balaban J connectivity index is 1.19. The Hall–Kier alpha value is -2.44. The van der Waals surface area contributed by atoms with Gasteiger partial charge in [-0.25, -0.2) is 0 Å². The minimum absolute atomic E-state index is 0.150. The highest BCUT2D eigenvalue weighted by Crippen LogP contribution is 2.54. The van der Waals surface area contributed by atoms with Crippen LogP contribution in [0.5, 0.6) is 0 Å². The van der Waals surface area contributed by atoms with Crippen LogP contribution in [0.15, 0.2) is 48.5 Å². The Morgan fingerprint density at radius 2 is 1.76 bits per heavy atom. The Labute approximate surface area is 224 Å². The minimum atomic E-state index is -0.235. The highest BCUT2D eigenvalue weighted by Gasteiger charge is 2.51. The topological polar surface area (TPSA) is 34.3 Å². The molecule has 3 heterocycles. The van der Waals surface area contributed by atoms with Crippen molar-refractivity contribution < 1.29 is 8.78 Å². The maximum absolute atomic E-state index is 14.0. The summed E-state index contributed by atoms with van der Waals surface area (Å²) >= 11 is 0. The standard InChI is InChI=1S/C32H40F2N4/c1-20-13-28-27-5-2-3-6-29(27)36-31(28)32(38(20)30-16-24(17-34)22-14-23(30)15-22)21-7-9-25(10-8-21)35-26-18-37(19-26)12-4-11-33/h2-3,5-10,20,22-24,26,30,32,35-36H,4,11-19H2,1H3/t20-,22?,23?,24?,30-,32-/m1/s1. The zero-order valence-electron chi connectivity index (χ0n) is 22.4. The first-order valence-electron chi connectivity index (χ1n) is 14.7. The number of aromatic amines is 1. The first kappa shape index (κ1) is 24.6. The van der Waals surface area contributed by atoms with Gasteiger partial charge in [-0.1, -0.05) is 30.3 Å². The van der Waals surface area contributed by atoms with E-state index in [1.807, 2.05) is 0 Å². The smallest absolute Gasteiger partial charge is 0.0925 e. The van der Waals surface area contributed by atoms with Gasteiger partial charge in [-0.3, -0.25) is 18.6 Å². The van der Waals surface area contributed by atoms with Gasteiger partial charge < -0.3 is 10.3 Å². The summed E-state index contributed by atoms with van der Waals surface area (Å²) in [6, 6.07) is 19.2. The summed E-state index contributed by atoms with van der Waals surface area (Å²) in [4.78, 5) is 8.90. The van der Waals surface area contributed by atoms with Crippen molar-refractivity contribution in [1.29, 1.82) is 0 Å². The van der Waals surface area contributed by atoms with Gasteiger partial charge in [0, 0.05) is 54.0 Å². The zero-order chi connectivity index (χ0) is 25.8. The van der Waals surface area contributed by atoms with Gasteiger partial charge in [-0.05, 0) is 86.1 Å². The van der Waals surface area contributed by atoms with Crippen LogP contribution in [-0.2, 0) is 6.42 Å². The molecule has 0 spiro atoms. The molecule has 1 unspecified atom stereocenters. The van der Waals surface area contributed by atoms with Crippen LogP contribution in [-0.4, -0.2) is 65.9 Å². The van der Waals surface area contributed by atoms with E-state index < -0.39 is 0 Å². The van der Waals surface area contributed by atoms with Crippen LogP contribution < -0.4 is 5.32 Å². The monoisotopic (exact) mass is 518 g/mol. The van der Waals surface area contributed by atoms with E-state index in [-0.39, 0.29) is 25.3 Å². The first-order valence-corrected chi connectivity index (χ1v) is 14.7. The number of halogens is 2. The summed E-state index contributed by atoms with van der Waals surface area (Å²) in [6.45, 7) is 4.78. The molecule has 202 valence electrons. The lowest BCUT2D eigenvalue weighted by Gasteiger charge is -2.57. The molecule has 0 amide bonds. The molecular formula is C32H40F2N4. The fraction of sp³-hybridized carbons (Fsp3) is 0.562. The summed E-state index contributed by atoms with van der Waals surface area (Å²) in [6.07, 6.45) is 5.04. The van der Waals surface area contributed by atoms with Gasteiger partial charge in [0.05, 0.1) is 25.4 Å². The average molecular weight is 519 g/mol. The number of aromatic nitrogens is 1. The molecule has 3 aromatic rings. The van der Waals surface area contributed by atoms with E-state index in [2.05, 4.69) is 75.6 Å². The van der Waals surface area contributed by atoms with E-state index in [4.69, 9.17) is 0 Å². The van der Waals surface area contributed by atoms with E-state index in [9.17, 15) is 8.78 Å². The van der Waals surface area contributed by atoms with Crippen molar-refractivity contribution >= 4 is 16.6 Å². The number of fused-ring (bicyclic) bond motifs is 5. The molecule has 2 N–H and O–H groups in total. The number of benzene rings is 2. The summed E-state index contributed by atoms with van der Waals surface area (Å²) < 4.78 is 26.5. The van der Waals surface area contributed by atoms with Gasteiger partial charge in [0.2, 0.25) is 0 Å². The molecule has 4 nitrogen and oxygen atoms in total. The lowest BCUT2D eigenvalue weighted by Crippen LogP contribution is -2.58. The van der Waals surface area contributed by atoms with Gasteiger partial charge >= 0.3 is 0 Å². The summed E-state index contributed by atoms with van der Waals surface area (Å²) in [5.41, 5.74) is 6.44. The average Bonchev–Trinajstić information content (AvgIpc) is 3.26. The van der Waals surface area contributed by atoms with E-state index in [1.165, 1.54) is 40.6 Å². The number of anilines is 1. The summed E-state index contributed by atoms with van der Waals surface area (Å²) in [5, 5.41) is 5.01. The second-order valence-electron chi connectivity index (χ2n) is 12.4. The van der Waals surface area contributed by atoms with E-state index in [0.29, 0.717) is 36.4 Å². The van der Waals surface area contributed by atoms with Gasteiger partial charge in [-0.15, -0.1) is 0 Å². The number of hydrogen-bond donors (Lipinski definition) is 2. The van der Waals surface area contributed by atoms with Crippen molar-refractivity contribution in [3.8, 4) is 0 Å². The number of nitrogens with zero attached hydrogens (tertiary/aromatic N) is 2. The van der Waals surface area contributed by atoms with Crippen molar-refractivity contribution in [3.05, 3.63) is 65.4 Å². The SMILES string of the molecule is C[C@@H]1Cc2c([nH]c3ccccc23)[C@@H](c2ccc(NC3CN(CCCF)C3)cc2)N1[C@@H]1CC(CF)C2CC1C2. The van der Waals surface area contributed by atoms with Gasteiger partial charge in [0.15, 0.2) is 0 Å². The molecule has 5 aliphatic rings. The second-order valence-corrected chi connectivity index (χ2v) is 12.4. The summed E-state index contributed by atoms with van der Waals surface area (Å²) in [5.74, 6) is 1.52. The lowest BCUT2D eigenvalue weighted by atomic mass is 9.57. The van der Waals surface area contributed by atoms with Crippen LogP contribution in [0.4, 0.5) is 14.5 Å². The normalized spacial score (nSPS) is 31.6. The third-order valence-electron chi connectivity index (χ3n) is 10.1. The number of likely N-dealkylation sites (tertiary alicyclic amines) is 1. The predicted molar refractivity (Wildman–Crippen MR) is 150 cm³/mol. The number of hydrogen-bond acceptors (Lipinski definition) is 3. The van der Waals surface area contributed by atoms with Gasteiger partial charge in [-0.2, -0.15) is 0 Å². The molecule has 2 aromatic carbocycles. The largest absolute Gasteiger partial charge is 0.380 e. The second kappa shape index (κ2) is 9.95. The van der Waals surface area contributed by atoms with E-state index in [1.54, 1.807) is 0 Å². The Bertz CT molecular complexity index is 1260. The van der Waals surface area contributed by atoms with Crippen molar-refractivity contribution in [3.63, 3.8) is 0 Å². The molecule has 6 heteroatoms. The van der Waals surface area contributed by atoms with Crippen LogP contribution in [0.3, 0.4) is 0 Å². The van der Waals surface area contributed by atoms with E-state index >= 15 is 0 Å². The highest BCUT2D eigenvalue weighted by atomic mass is 19.1. The molecule has 0 radical (unpaired) electrons. The number of alkyl halides is 2. The number of para-hydroxylation sites is 1. The Kier molecular flexibility index (Phi) is 6.44. The van der Waals surface area contributed by atoms with Crippen molar-refractivity contribution in [2.24, 2.45) is 17.8 Å². The number of H-pyrrole nitrogens is 1. The first-order chi connectivity index (χ1) is 18.6. The molecular weight excluding hydrogens is 478 g/mol. The molecule has 2 aliphatic heterocycles. The predicted octanol–water partition coefficient (Wildman–Crippen LogP) is 6.34. The molecule has 4 atom stereocenters. The maximum atomic E-state index is 14.0. The maximum Gasteiger partial charge on any atom is 0.0925 e. The molecule has 3 aliphatic carbocycles. The molecule has 1 saturated heterocycles. The fourth-order valence-corrected chi connectivity index (χ4v) is 8.12.